The van der Waals surface area contributed by atoms with Crippen LogP contribution >= 0.6 is 0 Å². The predicted octanol–water partition coefficient (Wildman–Crippen LogP) is 4.23. The largest absolute Gasteiger partial charge is 0.454 e. The Bertz CT molecular complexity index is 981. The van der Waals surface area contributed by atoms with E-state index in [2.05, 4.69) is 0 Å². The van der Waals surface area contributed by atoms with E-state index in [1.807, 2.05) is 50.2 Å². The molecule has 0 aromatic heterocycles. The molecule has 0 bridgehead atoms. The smallest absolute Gasteiger partial charge is 0.447 e. The first-order chi connectivity index (χ1) is 16.1. The quantitative estimate of drug-likeness (QED) is 0.281. The van der Waals surface area contributed by atoms with Crippen LogP contribution in [0.1, 0.15) is 38.3 Å². The van der Waals surface area contributed by atoms with Gasteiger partial charge in [-0.3, -0.25) is 4.84 Å². The molecular formula is C25H32N3O6+. The number of benzene rings is 2. The molecule has 0 aliphatic carbocycles. The molecule has 2 aromatic carbocycles. The fourth-order valence-electron chi connectivity index (χ4n) is 3.06. The average Bonchev–Trinajstić information content (AvgIpc) is 2.80. The molecule has 1 unspecified atom stereocenters. The van der Waals surface area contributed by atoms with Crippen LogP contribution in [0.3, 0.4) is 0 Å². The molecule has 0 saturated heterocycles. The number of rotatable bonds is 7. The van der Waals surface area contributed by atoms with Gasteiger partial charge in [-0.05, 0) is 23.0 Å². The standard InChI is InChI=1S/C25H32N3O6/c1-19(2)18-32-25(31)27(33-23(30)16-15-21-11-7-5-8-12-21)24(26)28(4,34-20(3)29)17-22-13-9-6-10-14-22/h5-14,19,26H,15-18H2,1-4H3/q+1. The number of carbonyl (C=O) groups is 3. The van der Waals surface area contributed by atoms with Gasteiger partial charge in [0, 0.05) is 12.5 Å². The summed E-state index contributed by atoms with van der Waals surface area (Å²) < 4.78 is 4.44. The third-order valence-electron chi connectivity index (χ3n) is 4.66. The van der Waals surface area contributed by atoms with Crippen LogP contribution in [0.4, 0.5) is 4.79 Å². The second-order valence-corrected chi connectivity index (χ2v) is 8.37. The highest BCUT2D eigenvalue weighted by Crippen LogP contribution is 2.18. The molecule has 0 fully saturated rings. The lowest BCUT2D eigenvalue weighted by atomic mass is 10.1. The number of hydroxylamine groups is 5. The van der Waals surface area contributed by atoms with Crippen LogP contribution in [0.5, 0.6) is 0 Å². The average molecular weight is 471 g/mol. The zero-order chi connectivity index (χ0) is 25.1. The Morgan fingerprint density at radius 2 is 1.53 bits per heavy atom. The summed E-state index contributed by atoms with van der Waals surface area (Å²) >= 11 is 0. The van der Waals surface area contributed by atoms with Crippen LogP contribution in [0.15, 0.2) is 60.7 Å². The number of carbonyl (C=O) groups excluding carboxylic acids is 3. The van der Waals surface area contributed by atoms with E-state index in [-0.39, 0.29) is 25.5 Å². The van der Waals surface area contributed by atoms with Gasteiger partial charge in [0.25, 0.3) is 0 Å². The summed E-state index contributed by atoms with van der Waals surface area (Å²) in [4.78, 5) is 48.0. The fourth-order valence-corrected chi connectivity index (χ4v) is 3.06. The second-order valence-electron chi connectivity index (χ2n) is 8.37. The SMILES string of the molecule is CC(=O)O[N+](C)(Cc1ccccc1)C(=N)N(OC(=O)CCc1ccccc1)C(=O)OCC(C)C. The van der Waals surface area contributed by atoms with Crippen molar-refractivity contribution in [3.05, 3.63) is 71.8 Å². The molecule has 2 aromatic rings. The Morgan fingerprint density at radius 3 is 2.06 bits per heavy atom. The van der Waals surface area contributed by atoms with E-state index in [1.165, 1.54) is 14.0 Å². The molecule has 1 atom stereocenters. The van der Waals surface area contributed by atoms with Crippen LogP contribution in [0.2, 0.25) is 0 Å². The number of nitrogens with one attached hydrogen (secondary N) is 1. The first-order valence-electron chi connectivity index (χ1n) is 11.0. The van der Waals surface area contributed by atoms with Gasteiger partial charge in [0.1, 0.15) is 7.05 Å². The van der Waals surface area contributed by atoms with Crippen molar-refractivity contribution in [3.8, 4) is 0 Å². The van der Waals surface area contributed by atoms with Crippen LogP contribution < -0.4 is 0 Å². The van der Waals surface area contributed by atoms with Crippen molar-refractivity contribution in [2.24, 2.45) is 5.92 Å². The Balaban J connectivity index is 2.25. The van der Waals surface area contributed by atoms with Crippen molar-refractivity contribution in [1.82, 2.24) is 5.06 Å². The molecule has 9 heteroatoms. The minimum atomic E-state index is -1.05. The Morgan fingerprint density at radius 1 is 0.971 bits per heavy atom. The molecule has 1 amide bonds. The zero-order valence-electron chi connectivity index (χ0n) is 20.0. The van der Waals surface area contributed by atoms with E-state index < -0.39 is 28.6 Å². The van der Waals surface area contributed by atoms with Gasteiger partial charge in [0.05, 0.1) is 13.0 Å². The Kier molecular flexibility index (Phi) is 9.76. The summed E-state index contributed by atoms with van der Waals surface area (Å²) in [6.07, 6.45) is -0.681. The van der Waals surface area contributed by atoms with Crippen molar-refractivity contribution in [2.45, 2.75) is 40.2 Å². The molecule has 9 nitrogen and oxygen atoms in total. The van der Waals surface area contributed by atoms with Crippen molar-refractivity contribution >= 4 is 24.0 Å². The summed E-state index contributed by atoms with van der Waals surface area (Å²) in [6, 6.07) is 18.4. The van der Waals surface area contributed by atoms with Crippen LogP contribution in [0, 0.1) is 11.3 Å². The van der Waals surface area contributed by atoms with Gasteiger partial charge < -0.3 is 9.57 Å². The maximum absolute atomic E-state index is 12.8. The number of hydrogen-bond acceptors (Lipinski definition) is 7. The Labute approximate surface area is 199 Å². The predicted molar refractivity (Wildman–Crippen MR) is 125 cm³/mol. The highest BCUT2D eigenvalue weighted by atomic mass is 16.8. The van der Waals surface area contributed by atoms with Crippen LogP contribution in [-0.4, -0.2) is 47.4 Å². The first-order valence-corrected chi connectivity index (χ1v) is 11.0. The summed E-state index contributed by atoms with van der Waals surface area (Å²) in [7, 11) is 1.43. The molecule has 0 aliphatic heterocycles. The van der Waals surface area contributed by atoms with E-state index in [0.29, 0.717) is 11.5 Å². The number of hydrogen-bond donors (Lipinski definition) is 1. The van der Waals surface area contributed by atoms with E-state index >= 15 is 0 Å². The summed E-state index contributed by atoms with van der Waals surface area (Å²) in [6.45, 7) is 4.98. The topological polar surface area (TPSA) is 106 Å². The van der Waals surface area contributed by atoms with Gasteiger partial charge in [0.15, 0.2) is 6.54 Å². The van der Waals surface area contributed by atoms with E-state index in [9.17, 15) is 14.4 Å². The molecule has 182 valence electrons. The number of quaternary nitrogens is 1. The molecule has 1 N–H and O–H groups in total. The summed E-state index contributed by atoms with van der Waals surface area (Å²) in [5.41, 5.74) is 1.66. The molecule has 2 rings (SSSR count). The lowest BCUT2D eigenvalue weighted by molar-refractivity contribution is -1.02. The van der Waals surface area contributed by atoms with Gasteiger partial charge in [-0.2, -0.15) is 0 Å². The van der Waals surface area contributed by atoms with Crippen LogP contribution in [-0.2, 0) is 37.0 Å². The van der Waals surface area contributed by atoms with Crippen molar-refractivity contribution in [3.63, 3.8) is 0 Å². The summed E-state index contributed by atoms with van der Waals surface area (Å²) in [5.74, 6) is -1.97. The van der Waals surface area contributed by atoms with Gasteiger partial charge in [-0.1, -0.05) is 79.2 Å². The number of ether oxygens (including phenoxy) is 1. The minimum absolute atomic E-state index is 0.0208. The maximum atomic E-state index is 12.8. The molecule has 0 aliphatic rings. The monoisotopic (exact) mass is 470 g/mol. The van der Waals surface area contributed by atoms with Gasteiger partial charge in [-0.25, -0.2) is 19.8 Å². The van der Waals surface area contributed by atoms with Gasteiger partial charge in [0.2, 0.25) is 0 Å². The lowest BCUT2D eigenvalue weighted by Crippen LogP contribution is -2.58. The third kappa shape index (κ3) is 8.32. The normalized spacial score (nSPS) is 12.4. The summed E-state index contributed by atoms with van der Waals surface area (Å²) in [5, 5.41) is 9.15. The number of guanidine groups is 1. The van der Waals surface area contributed by atoms with Crippen LogP contribution in [0.25, 0.3) is 0 Å². The van der Waals surface area contributed by atoms with Gasteiger partial charge >= 0.3 is 24.0 Å². The molecule has 0 radical (unpaired) electrons. The third-order valence-corrected chi connectivity index (χ3v) is 4.66. The van der Waals surface area contributed by atoms with Gasteiger partial charge in [-0.15, -0.1) is 0 Å². The molecule has 34 heavy (non-hydrogen) atoms. The highest BCUT2D eigenvalue weighted by Gasteiger charge is 2.44. The van der Waals surface area contributed by atoms with E-state index in [4.69, 9.17) is 19.8 Å². The van der Waals surface area contributed by atoms with Crippen molar-refractivity contribution < 1.29 is 33.4 Å². The molecular weight excluding hydrogens is 438 g/mol. The maximum Gasteiger partial charge on any atom is 0.454 e. The van der Waals surface area contributed by atoms with Crippen molar-refractivity contribution in [1.29, 1.82) is 5.41 Å². The Hall–Kier alpha value is -3.72. The fraction of sp³-hybridized carbons (Fsp3) is 0.360. The highest BCUT2D eigenvalue weighted by molar-refractivity contribution is 5.89. The molecule has 0 spiro atoms. The minimum Gasteiger partial charge on any atom is -0.447 e. The van der Waals surface area contributed by atoms with E-state index in [0.717, 1.165) is 11.1 Å². The zero-order valence-corrected chi connectivity index (χ0v) is 20.0. The van der Waals surface area contributed by atoms with Crippen molar-refractivity contribution in [2.75, 3.05) is 13.7 Å². The molecule has 0 heterocycles. The first kappa shape index (κ1) is 26.5. The lowest BCUT2D eigenvalue weighted by Gasteiger charge is -2.32. The molecule has 0 saturated carbocycles. The second kappa shape index (κ2) is 12.5. The number of amides is 1. The van der Waals surface area contributed by atoms with E-state index in [1.54, 1.807) is 24.3 Å². The number of nitrogens with zero attached hydrogens (tertiary/aromatic N) is 2. The number of aryl methyl sites for hydroxylation is 1.